The molecule has 0 bridgehead atoms. The largest absolute Gasteiger partial charge is 0.399 e. The van der Waals surface area contributed by atoms with Gasteiger partial charge in [-0.15, -0.1) is 11.6 Å². The van der Waals surface area contributed by atoms with Crippen molar-refractivity contribution >= 4 is 46.4 Å². The van der Waals surface area contributed by atoms with E-state index in [1.54, 1.807) is 0 Å². The number of halogens is 4. The summed E-state index contributed by atoms with van der Waals surface area (Å²) in [5, 5.41) is -0.309. The van der Waals surface area contributed by atoms with Crippen molar-refractivity contribution in [1.29, 1.82) is 0 Å². The van der Waals surface area contributed by atoms with Crippen LogP contribution in [-0.2, 0) is 0 Å². The average Bonchev–Trinajstić information content (AvgIpc) is 1.97. The van der Waals surface area contributed by atoms with Crippen molar-refractivity contribution in [3.05, 3.63) is 21.8 Å². The molecule has 0 aromatic heterocycles. The normalized spacial score (nSPS) is 36.8. The number of rotatable bonds is 0. The van der Waals surface area contributed by atoms with E-state index in [0.717, 1.165) is 0 Å². The van der Waals surface area contributed by atoms with Crippen LogP contribution in [0.1, 0.15) is 0 Å². The Bertz CT molecular complexity index is 269. The van der Waals surface area contributed by atoms with Crippen LogP contribution in [0.2, 0.25) is 0 Å². The lowest BCUT2D eigenvalue weighted by Crippen LogP contribution is -2.45. The van der Waals surface area contributed by atoms with E-state index in [1.807, 2.05) is 0 Å². The lowest BCUT2D eigenvalue weighted by atomic mass is 10.1. The summed E-state index contributed by atoms with van der Waals surface area (Å²) in [5.74, 6) is 0. The molecule has 0 amide bonds. The Morgan fingerprint density at radius 1 is 1.42 bits per heavy atom. The van der Waals surface area contributed by atoms with E-state index >= 15 is 0 Å². The molecule has 0 aromatic rings. The predicted octanol–water partition coefficient (Wildman–Crippen LogP) is 2.03. The van der Waals surface area contributed by atoms with Crippen molar-refractivity contribution in [3.8, 4) is 0 Å². The van der Waals surface area contributed by atoms with Gasteiger partial charge < -0.3 is 11.5 Å². The van der Waals surface area contributed by atoms with Gasteiger partial charge in [0.2, 0.25) is 0 Å². The van der Waals surface area contributed by atoms with Gasteiger partial charge in [-0.05, 0) is 6.08 Å². The highest BCUT2D eigenvalue weighted by Gasteiger charge is 2.37. The van der Waals surface area contributed by atoms with Crippen molar-refractivity contribution in [3.63, 3.8) is 0 Å². The third kappa shape index (κ3) is 1.68. The number of nitrogens with two attached hydrogens (primary N) is 2. The van der Waals surface area contributed by atoms with Gasteiger partial charge >= 0.3 is 0 Å². The monoisotopic (exact) mass is 246 g/mol. The molecule has 2 atom stereocenters. The topological polar surface area (TPSA) is 52.0 Å². The van der Waals surface area contributed by atoms with Gasteiger partial charge in [-0.3, -0.25) is 0 Å². The Balaban J connectivity index is 3.15. The fourth-order valence-corrected chi connectivity index (χ4v) is 1.78. The van der Waals surface area contributed by atoms with Crippen LogP contribution < -0.4 is 11.5 Å². The molecule has 6 heteroatoms. The lowest BCUT2D eigenvalue weighted by Gasteiger charge is -2.29. The van der Waals surface area contributed by atoms with Crippen LogP contribution in [0.4, 0.5) is 0 Å². The summed E-state index contributed by atoms with van der Waals surface area (Å²) in [6, 6.07) is 0. The maximum Gasteiger partial charge on any atom is 0.134 e. The molecular weight excluding hydrogens is 242 g/mol. The molecule has 2 unspecified atom stereocenters. The third-order valence-electron chi connectivity index (χ3n) is 1.47. The van der Waals surface area contributed by atoms with Gasteiger partial charge in [0.1, 0.15) is 10.4 Å². The Kier molecular flexibility index (Phi) is 2.86. The second-order valence-electron chi connectivity index (χ2n) is 2.45. The highest BCUT2D eigenvalue weighted by molar-refractivity contribution is 6.46. The summed E-state index contributed by atoms with van der Waals surface area (Å²) in [5.41, 5.74) is 11.3. The third-order valence-corrected chi connectivity index (χ3v) is 3.32. The second kappa shape index (κ2) is 3.28. The average molecular weight is 248 g/mol. The lowest BCUT2D eigenvalue weighted by molar-refractivity contribution is 0.713. The van der Waals surface area contributed by atoms with E-state index in [-0.39, 0.29) is 15.8 Å². The zero-order valence-electron chi connectivity index (χ0n) is 5.82. The number of alkyl halides is 2. The van der Waals surface area contributed by atoms with Crippen molar-refractivity contribution in [2.24, 2.45) is 11.5 Å². The molecule has 0 spiro atoms. The molecule has 0 aliphatic heterocycles. The van der Waals surface area contributed by atoms with Crippen LogP contribution in [0.15, 0.2) is 21.8 Å². The predicted molar refractivity (Wildman–Crippen MR) is 53.4 cm³/mol. The Labute approximate surface area is 90.1 Å². The zero-order chi connectivity index (χ0) is 9.52. The molecule has 12 heavy (non-hydrogen) atoms. The smallest absolute Gasteiger partial charge is 0.134 e. The highest BCUT2D eigenvalue weighted by Crippen LogP contribution is 2.37. The molecule has 1 aliphatic carbocycles. The van der Waals surface area contributed by atoms with E-state index < -0.39 is 10.4 Å². The van der Waals surface area contributed by atoms with Gasteiger partial charge in [0.15, 0.2) is 0 Å². The molecular formula is C6H6Cl4N2. The van der Waals surface area contributed by atoms with Crippen molar-refractivity contribution in [2.75, 3.05) is 0 Å². The molecule has 1 aliphatic rings. The fourth-order valence-electron chi connectivity index (χ4n) is 0.818. The van der Waals surface area contributed by atoms with Crippen LogP contribution in [0.25, 0.3) is 0 Å². The molecule has 2 nitrogen and oxygen atoms in total. The quantitative estimate of drug-likeness (QED) is 0.509. The van der Waals surface area contributed by atoms with Gasteiger partial charge in [-0.2, -0.15) is 0 Å². The van der Waals surface area contributed by atoms with Gasteiger partial charge in [0, 0.05) is 0 Å². The number of hydrogen-bond acceptors (Lipinski definition) is 2. The summed E-state index contributed by atoms with van der Waals surface area (Å²) in [4.78, 5) is -1.26. The standard InChI is InChI=1S/C6H6Cl4N2/c7-2-1-6(10,12)5(9)4(11)3(2)8/h1,5H,11-12H2. The molecule has 4 N–H and O–H groups in total. The second-order valence-corrected chi connectivity index (χ2v) is 4.33. The van der Waals surface area contributed by atoms with Crippen molar-refractivity contribution < 1.29 is 0 Å². The van der Waals surface area contributed by atoms with Crippen LogP contribution in [0, 0.1) is 0 Å². The van der Waals surface area contributed by atoms with E-state index in [1.165, 1.54) is 6.08 Å². The van der Waals surface area contributed by atoms with Crippen LogP contribution in [0.5, 0.6) is 0 Å². The van der Waals surface area contributed by atoms with Crippen LogP contribution in [0.3, 0.4) is 0 Å². The van der Waals surface area contributed by atoms with Crippen LogP contribution in [-0.4, -0.2) is 10.4 Å². The Hall–Kier alpha value is 0.400. The molecule has 0 fully saturated rings. The number of allylic oxidation sites excluding steroid dienone is 2. The van der Waals surface area contributed by atoms with E-state index in [9.17, 15) is 0 Å². The Morgan fingerprint density at radius 3 is 2.42 bits per heavy atom. The zero-order valence-corrected chi connectivity index (χ0v) is 8.84. The Morgan fingerprint density at radius 2 is 1.92 bits per heavy atom. The van der Waals surface area contributed by atoms with Crippen molar-refractivity contribution in [1.82, 2.24) is 0 Å². The first kappa shape index (κ1) is 10.5. The first-order valence-corrected chi connectivity index (χ1v) is 4.59. The van der Waals surface area contributed by atoms with E-state index in [4.69, 9.17) is 57.9 Å². The van der Waals surface area contributed by atoms with E-state index in [2.05, 4.69) is 0 Å². The molecule has 68 valence electrons. The number of hydrogen-bond donors (Lipinski definition) is 2. The van der Waals surface area contributed by atoms with E-state index in [0.29, 0.717) is 0 Å². The highest BCUT2D eigenvalue weighted by atomic mass is 35.5. The summed E-state index contributed by atoms with van der Waals surface area (Å²) in [6.45, 7) is 0. The molecule has 0 saturated carbocycles. The maximum atomic E-state index is 5.79. The fraction of sp³-hybridized carbons (Fsp3) is 0.333. The molecule has 0 heterocycles. The molecule has 0 radical (unpaired) electrons. The van der Waals surface area contributed by atoms with Gasteiger partial charge in [0.05, 0.1) is 15.8 Å². The van der Waals surface area contributed by atoms with Gasteiger partial charge in [-0.1, -0.05) is 34.8 Å². The maximum absolute atomic E-state index is 5.79. The molecule has 0 saturated heterocycles. The summed E-state index contributed by atoms with van der Waals surface area (Å²) >= 11 is 23.0. The summed E-state index contributed by atoms with van der Waals surface area (Å²) in [6.07, 6.45) is 1.37. The first-order valence-electron chi connectivity index (χ1n) is 3.02. The molecule has 0 aromatic carbocycles. The molecule has 1 rings (SSSR count). The van der Waals surface area contributed by atoms with Crippen molar-refractivity contribution in [2.45, 2.75) is 10.4 Å². The van der Waals surface area contributed by atoms with Gasteiger partial charge in [0.25, 0.3) is 0 Å². The summed E-state index contributed by atoms with van der Waals surface area (Å²) < 4.78 is 0. The minimum atomic E-state index is -1.26. The van der Waals surface area contributed by atoms with Crippen LogP contribution >= 0.6 is 46.4 Å². The SMILES string of the molecule is NC1=C(Cl)C(Cl)=CC(N)(Cl)C1Cl. The summed E-state index contributed by atoms with van der Waals surface area (Å²) in [7, 11) is 0. The minimum Gasteiger partial charge on any atom is -0.399 e. The minimum absolute atomic E-state index is 0.198. The van der Waals surface area contributed by atoms with Gasteiger partial charge in [-0.25, -0.2) is 0 Å². The first-order chi connectivity index (χ1) is 5.36.